The van der Waals surface area contributed by atoms with Gasteiger partial charge in [0.2, 0.25) is 0 Å². The maximum absolute atomic E-state index is 10.9. The highest BCUT2D eigenvalue weighted by Crippen LogP contribution is 2.26. The third-order valence-electron chi connectivity index (χ3n) is 3.31. The summed E-state index contributed by atoms with van der Waals surface area (Å²) in [4.78, 5) is 0. The molecule has 9 nitrogen and oxygen atoms in total. The summed E-state index contributed by atoms with van der Waals surface area (Å²) in [7, 11) is -4.91. The molecule has 1 fully saturated rings. The molecule has 0 spiro atoms. The van der Waals surface area contributed by atoms with Crippen LogP contribution in [-0.4, -0.2) is 65.6 Å². The molecule has 23 heavy (non-hydrogen) atoms. The van der Waals surface area contributed by atoms with E-state index >= 15 is 0 Å². The predicted molar refractivity (Wildman–Crippen MR) is 75.4 cm³/mol. The summed E-state index contributed by atoms with van der Waals surface area (Å²) in [5.74, 6) is 0. The minimum atomic E-state index is -4.91. The maximum Gasteiger partial charge on any atom is 0.397 e. The van der Waals surface area contributed by atoms with E-state index in [0.29, 0.717) is 0 Å². The molecule has 1 aromatic carbocycles. The fourth-order valence-electron chi connectivity index (χ4n) is 2.19. The van der Waals surface area contributed by atoms with Gasteiger partial charge in [-0.1, -0.05) is 30.3 Å². The zero-order valence-electron chi connectivity index (χ0n) is 11.9. The van der Waals surface area contributed by atoms with Crippen molar-refractivity contribution in [3.63, 3.8) is 0 Å². The van der Waals surface area contributed by atoms with Crippen molar-refractivity contribution in [2.75, 3.05) is 6.61 Å². The van der Waals surface area contributed by atoms with Crippen LogP contribution in [0.2, 0.25) is 0 Å². The van der Waals surface area contributed by atoms with Crippen LogP contribution in [0, 0.1) is 0 Å². The van der Waals surface area contributed by atoms with Gasteiger partial charge in [0, 0.05) is 0 Å². The van der Waals surface area contributed by atoms with Gasteiger partial charge in [-0.2, -0.15) is 8.42 Å². The molecule has 0 bridgehead atoms. The van der Waals surface area contributed by atoms with E-state index in [4.69, 9.17) is 19.1 Å². The fraction of sp³-hybridized carbons (Fsp3) is 0.538. The van der Waals surface area contributed by atoms with E-state index in [1.54, 1.807) is 30.3 Å². The first-order chi connectivity index (χ1) is 10.8. The largest absolute Gasteiger partial charge is 0.397 e. The van der Waals surface area contributed by atoms with Crippen LogP contribution in [0.15, 0.2) is 30.3 Å². The van der Waals surface area contributed by atoms with Gasteiger partial charge in [0.15, 0.2) is 12.4 Å². The molecule has 130 valence electrons. The first-order valence-corrected chi connectivity index (χ1v) is 8.12. The monoisotopic (exact) mass is 350 g/mol. The molecule has 0 aliphatic carbocycles. The Morgan fingerprint density at radius 1 is 1.13 bits per heavy atom. The lowest BCUT2D eigenvalue weighted by Gasteiger charge is -2.40. The Balaban J connectivity index is 2.13. The smallest absolute Gasteiger partial charge is 0.394 e. The van der Waals surface area contributed by atoms with E-state index in [-0.39, 0.29) is 6.61 Å². The van der Waals surface area contributed by atoms with Gasteiger partial charge in [-0.3, -0.25) is 4.55 Å². The minimum Gasteiger partial charge on any atom is -0.394 e. The zero-order chi connectivity index (χ0) is 17.0. The van der Waals surface area contributed by atoms with E-state index < -0.39 is 47.7 Å². The quantitative estimate of drug-likeness (QED) is 0.467. The van der Waals surface area contributed by atoms with E-state index in [2.05, 4.69) is 4.18 Å². The van der Waals surface area contributed by atoms with Crippen LogP contribution in [0.5, 0.6) is 0 Å². The molecule has 1 aliphatic heterocycles. The summed E-state index contributed by atoms with van der Waals surface area (Å²) < 4.78 is 45.5. The molecule has 5 atom stereocenters. The van der Waals surface area contributed by atoms with Gasteiger partial charge in [-0.25, -0.2) is 4.18 Å². The van der Waals surface area contributed by atoms with Gasteiger partial charge in [-0.05, 0) is 5.56 Å². The van der Waals surface area contributed by atoms with Crippen molar-refractivity contribution in [1.29, 1.82) is 0 Å². The zero-order valence-corrected chi connectivity index (χ0v) is 12.7. The van der Waals surface area contributed by atoms with E-state index in [1.807, 2.05) is 0 Å². The predicted octanol–water partition coefficient (Wildman–Crippen LogP) is -1.17. The second-order valence-electron chi connectivity index (χ2n) is 4.99. The first kappa shape index (κ1) is 18.2. The normalized spacial score (nSPS) is 31.9. The van der Waals surface area contributed by atoms with Gasteiger partial charge in [-0.15, -0.1) is 0 Å². The number of hydrogen-bond donors (Lipinski definition) is 4. The molecule has 5 unspecified atom stereocenters. The van der Waals surface area contributed by atoms with Crippen LogP contribution in [0.25, 0.3) is 0 Å². The molecule has 1 saturated heterocycles. The lowest BCUT2D eigenvalue weighted by atomic mass is 9.99. The van der Waals surface area contributed by atoms with Gasteiger partial charge in [0.05, 0.1) is 13.2 Å². The van der Waals surface area contributed by atoms with Crippen LogP contribution < -0.4 is 0 Å². The average molecular weight is 350 g/mol. The van der Waals surface area contributed by atoms with Crippen LogP contribution in [0.1, 0.15) is 5.56 Å². The molecule has 4 N–H and O–H groups in total. The summed E-state index contributed by atoms with van der Waals surface area (Å²) >= 11 is 0. The van der Waals surface area contributed by atoms with Crippen molar-refractivity contribution < 1.29 is 41.9 Å². The van der Waals surface area contributed by atoms with Gasteiger partial charge >= 0.3 is 10.4 Å². The first-order valence-electron chi connectivity index (χ1n) is 6.75. The average Bonchev–Trinajstić information content (AvgIpc) is 2.51. The molecule has 2 rings (SSSR count). The molecule has 1 aliphatic rings. The van der Waals surface area contributed by atoms with Crippen molar-refractivity contribution in [3.05, 3.63) is 35.9 Å². The highest BCUT2D eigenvalue weighted by atomic mass is 32.3. The van der Waals surface area contributed by atoms with Crippen molar-refractivity contribution in [3.8, 4) is 0 Å². The second kappa shape index (κ2) is 7.64. The molecule has 0 saturated carbocycles. The number of benzene rings is 1. The summed E-state index contributed by atoms with van der Waals surface area (Å²) in [6.45, 7) is -0.625. The molecule has 1 aromatic rings. The van der Waals surface area contributed by atoms with Gasteiger partial charge in [0.1, 0.15) is 18.3 Å². The number of aliphatic hydroxyl groups excluding tert-OH is 3. The SMILES string of the molecule is O=S(=O)(O)OC1C(OCc2ccccc2)OC(CO)C(O)C1O. The summed E-state index contributed by atoms with van der Waals surface area (Å²) in [5, 5.41) is 28.8. The lowest BCUT2D eigenvalue weighted by Crippen LogP contribution is -2.60. The van der Waals surface area contributed by atoms with Gasteiger partial charge in [0.25, 0.3) is 0 Å². The van der Waals surface area contributed by atoms with Crippen LogP contribution in [0.4, 0.5) is 0 Å². The Morgan fingerprint density at radius 2 is 1.78 bits per heavy atom. The molecular formula is C13H18O9S. The van der Waals surface area contributed by atoms with Crippen LogP contribution in [-0.2, 0) is 30.7 Å². The van der Waals surface area contributed by atoms with Crippen LogP contribution >= 0.6 is 0 Å². The fourth-order valence-corrected chi connectivity index (χ4v) is 2.67. The third-order valence-corrected chi connectivity index (χ3v) is 3.78. The standard InChI is InChI=1S/C13H18O9S/c14-6-9-10(15)11(16)12(22-23(17,18)19)13(21-9)20-7-8-4-2-1-3-5-8/h1-5,9-16H,6-7H2,(H,17,18,19). The Kier molecular flexibility index (Phi) is 6.06. The van der Waals surface area contributed by atoms with Crippen molar-refractivity contribution in [2.24, 2.45) is 0 Å². The number of aliphatic hydroxyl groups is 3. The molecule has 1 heterocycles. The molecule has 10 heteroatoms. The molecule has 0 amide bonds. The molecule has 0 radical (unpaired) electrons. The Labute approximate surface area is 133 Å². The summed E-state index contributed by atoms with van der Waals surface area (Å²) in [6, 6.07) is 8.82. The summed E-state index contributed by atoms with van der Waals surface area (Å²) in [5.41, 5.74) is 0.739. The number of rotatable bonds is 6. The highest BCUT2D eigenvalue weighted by molar-refractivity contribution is 7.80. The molecular weight excluding hydrogens is 332 g/mol. The second-order valence-corrected chi connectivity index (χ2v) is 6.04. The van der Waals surface area contributed by atoms with Crippen LogP contribution in [0.3, 0.4) is 0 Å². The number of hydrogen-bond acceptors (Lipinski definition) is 8. The topological polar surface area (TPSA) is 143 Å². The van der Waals surface area contributed by atoms with Crippen molar-refractivity contribution in [2.45, 2.75) is 37.3 Å². The highest BCUT2D eigenvalue weighted by Gasteiger charge is 2.47. The number of ether oxygens (including phenoxy) is 2. The molecule has 0 aromatic heterocycles. The van der Waals surface area contributed by atoms with Crippen molar-refractivity contribution in [1.82, 2.24) is 0 Å². The Morgan fingerprint density at radius 3 is 2.35 bits per heavy atom. The Bertz CT molecular complexity index is 591. The van der Waals surface area contributed by atoms with Crippen molar-refractivity contribution >= 4 is 10.4 Å². The van der Waals surface area contributed by atoms with E-state index in [9.17, 15) is 18.6 Å². The Hall–Kier alpha value is -1.11. The van der Waals surface area contributed by atoms with Gasteiger partial charge < -0.3 is 24.8 Å². The van der Waals surface area contributed by atoms with E-state index in [1.165, 1.54) is 0 Å². The summed E-state index contributed by atoms with van der Waals surface area (Å²) in [6.07, 6.45) is -7.65. The maximum atomic E-state index is 10.9. The minimum absolute atomic E-state index is 0.00218. The van der Waals surface area contributed by atoms with E-state index in [0.717, 1.165) is 5.56 Å². The third kappa shape index (κ3) is 4.93. The lowest BCUT2D eigenvalue weighted by molar-refractivity contribution is -0.298.